The van der Waals surface area contributed by atoms with E-state index in [0.717, 1.165) is 58.6 Å². The van der Waals surface area contributed by atoms with Crippen molar-refractivity contribution in [1.29, 1.82) is 0 Å². The Morgan fingerprint density at radius 3 is 2.74 bits per heavy atom. The van der Waals surface area contributed by atoms with E-state index in [0.29, 0.717) is 6.04 Å². The van der Waals surface area contributed by atoms with Gasteiger partial charge < -0.3 is 14.8 Å². The zero-order valence-corrected chi connectivity index (χ0v) is 14.9. The molecule has 1 N–H and O–H groups in total. The molecular weight excluding hydrogens is 304 g/mol. The van der Waals surface area contributed by atoms with Crippen molar-refractivity contribution in [3.63, 3.8) is 0 Å². The van der Waals surface area contributed by atoms with Crippen LogP contribution in [-0.2, 0) is 6.42 Å². The van der Waals surface area contributed by atoms with Crippen LogP contribution in [0.1, 0.15) is 37.1 Å². The van der Waals surface area contributed by atoms with E-state index in [1.165, 1.54) is 0 Å². The SMILES string of the molecule is CC#Cc1c(CC)c2cccc(NC3CCN(C)CC3)c2[s+]1[O-]. The lowest BCUT2D eigenvalue weighted by atomic mass is 10.0. The van der Waals surface area contributed by atoms with E-state index in [1.54, 1.807) is 6.92 Å². The van der Waals surface area contributed by atoms with Gasteiger partial charge in [0.15, 0.2) is 0 Å². The molecule has 122 valence electrons. The Bertz CT molecular complexity index is 761. The number of piperidine rings is 1. The van der Waals surface area contributed by atoms with E-state index in [2.05, 4.69) is 54.2 Å². The molecular formula is C19H24N2OS. The Hall–Kier alpha value is -1.54. The van der Waals surface area contributed by atoms with Gasteiger partial charge in [0.2, 0.25) is 9.58 Å². The fourth-order valence-corrected chi connectivity index (χ4v) is 4.98. The molecule has 1 atom stereocenters. The monoisotopic (exact) mass is 328 g/mol. The number of aryl methyl sites for hydroxylation is 1. The average molecular weight is 328 g/mol. The highest BCUT2D eigenvalue weighted by molar-refractivity contribution is 7.32. The van der Waals surface area contributed by atoms with Gasteiger partial charge in [0.1, 0.15) is 0 Å². The molecule has 0 spiro atoms. The Balaban J connectivity index is 2.02. The molecule has 3 nitrogen and oxygen atoms in total. The van der Waals surface area contributed by atoms with Crippen molar-refractivity contribution in [3.05, 3.63) is 28.6 Å². The molecule has 23 heavy (non-hydrogen) atoms. The van der Waals surface area contributed by atoms with Crippen LogP contribution in [0.2, 0.25) is 0 Å². The van der Waals surface area contributed by atoms with E-state index in [1.807, 2.05) is 0 Å². The van der Waals surface area contributed by atoms with E-state index in [9.17, 15) is 4.55 Å². The predicted octanol–water partition coefficient (Wildman–Crippen LogP) is 4.01. The number of rotatable bonds is 3. The number of thiophene rings is 1. The maximum absolute atomic E-state index is 13.0. The zero-order chi connectivity index (χ0) is 16.4. The summed E-state index contributed by atoms with van der Waals surface area (Å²) in [6.07, 6.45) is 3.12. The maximum Gasteiger partial charge on any atom is 0.227 e. The molecule has 1 aliphatic heterocycles. The van der Waals surface area contributed by atoms with Crippen LogP contribution < -0.4 is 5.32 Å². The highest BCUT2D eigenvalue weighted by Gasteiger charge is 2.24. The Labute approximate surface area is 141 Å². The fourth-order valence-electron chi connectivity index (χ4n) is 3.38. The molecule has 1 unspecified atom stereocenters. The topological polar surface area (TPSA) is 38.3 Å². The summed E-state index contributed by atoms with van der Waals surface area (Å²) in [4.78, 5) is 3.15. The van der Waals surface area contributed by atoms with E-state index in [-0.39, 0.29) is 0 Å². The van der Waals surface area contributed by atoms with E-state index >= 15 is 0 Å². The minimum absolute atomic E-state index is 0.459. The summed E-state index contributed by atoms with van der Waals surface area (Å²) in [6.45, 7) is 6.13. The molecule has 0 saturated carbocycles. The molecule has 1 aromatic heterocycles. The van der Waals surface area contributed by atoms with Gasteiger partial charge in [0.05, 0.1) is 5.69 Å². The Morgan fingerprint density at radius 1 is 1.35 bits per heavy atom. The number of hydrogen-bond acceptors (Lipinski definition) is 3. The molecule has 1 fully saturated rings. The zero-order valence-electron chi connectivity index (χ0n) is 14.1. The second-order valence-corrected chi connectivity index (χ2v) is 7.56. The maximum atomic E-state index is 13.0. The average Bonchev–Trinajstić information content (AvgIpc) is 2.83. The third-order valence-corrected chi connectivity index (χ3v) is 6.19. The summed E-state index contributed by atoms with van der Waals surface area (Å²) in [6, 6.07) is 6.66. The van der Waals surface area contributed by atoms with Gasteiger partial charge in [0, 0.05) is 17.0 Å². The number of nitrogens with one attached hydrogen (secondary N) is 1. The standard InChI is InChI=1S/C19H24N2OS/c1-4-7-18-15(5-2)16-8-6-9-17(19(16)23(18)22)20-14-10-12-21(3)13-11-14/h6,8-9,14,20H,5,10-13H2,1-3H3. The quantitative estimate of drug-likeness (QED) is 0.683. The van der Waals surface area contributed by atoms with Crippen molar-refractivity contribution in [2.45, 2.75) is 39.2 Å². The summed E-state index contributed by atoms with van der Waals surface area (Å²) >= 11 is 0. The lowest BCUT2D eigenvalue weighted by molar-refractivity contribution is 0.264. The van der Waals surface area contributed by atoms with Gasteiger partial charge in [-0.15, -0.1) is 0 Å². The fraction of sp³-hybridized carbons (Fsp3) is 0.474. The van der Waals surface area contributed by atoms with Gasteiger partial charge >= 0.3 is 0 Å². The van der Waals surface area contributed by atoms with Gasteiger partial charge in [0.25, 0.3) is 0 Å². The van der Waals surface area contributed by atoms with Gasteiger partial charge in [-0.2, -0.15) is 0 Å². The highest BCUT2D eigenvalue weighted by atomic mass is 32.2. The van der Waals surface area contributed by atoms with Gasteiger partial charge in [-0.05, 0) is 75.1 Å². The smallest absolute Gasteiger partial charge is 0.227 e. The summed E-state index contributed by atoms with van der Waals surface area (Å²) < 4.78 is 13.9. The number of anilines is 1. The van der Waals surface area contributed by atoms with Crippen LogP contribution in [0, 0.1) is 11.8 Å². The summed E-state index contributed by atoms with van der Waals surface area (Å²) in [5.41, 5.74) is 2.16. The molecule has 0 amide bonds. The predicted molar refractivity (Wildman–Crippen MR) is 98.7 cm³/mol. The molecule has 0 radical (unpaired) electrons. The normalized spacial score (nSPS) is 17.1. The van der Waals surface area contributed by atoms with Crippen LogP contribution in [0.5, 0.6) is 0 Å². The molecule has 4 heteroatoms. The third-order valence-electron chi connectivity index (χ3n) is 4.66. The van der Waals surface area contributed by atoms with Gasteiger partial charge in [-0.1, -0.05) is 18.9 Å². The van der Waals surface area contributed by atoms with Gasteiger partial charge in [-0.25, -0.2) is 0 Å². The molecule has 3 rings (SSSR count). The summed E-state index contributed by atoms with van der Waals surface area (Å²) in [5, 5.41) is 4.76. The summed E-state index contributed by atoms with van der Waals surface area (Å²) in [7, 11) is 1.01. The number of benzene rings is 1. The third kappa shape index (κ3) is 3.10. The molecule has 2 heterocycles. The largest absolute Gasteiger partial charge is 0.589 e. The van der Waals surface area contributed by atoms with Crippen molar-refractivity contribution in [2.24, 2.45) is 0 Å². The van der Waals surface area contributed by atoms with Crippen molar-refractivity contribution in [2.75, 3.05) is 25.5 Å². The number of hydrogen-bond donors (Lipinski definition) is 1. The van der Waals surface area contributed by atoms with Crippen LogP contribution in [-0.4, -0.2) is 35.6 Å². The first-order valence-corrected chi connectivity index (χ1v) is 9.46. The number of likely N-dealkylation sites (tertiary alicyclic amines) is 1. The van der Waals surface area contributed by atoms with Crippen molar-refractivity contribution >= 4 is 26.5 Å². The highest BCUT2D eigenvalue weighted by Crippen LogP contribution is 2.42. The minimum atomic E-state index is -1.16. The van der Waals surface area contributed by atoms with Crippen LogP contribution >= 0.6 is 10.8 Å². The number of fused-ring (bicyclic) bond motifs is 1. The first-order chi connectivity index (χ1) is 11.2. The second-order valence-electron chi connectivity index (χ2n) is 6.21. The first-order valence-electron chi connectivity index (χ1n) is 8.31. The number of nitrogens with zero attached hydrogens (tertiary/aromatic N) is 1. The molecule has 2 aromatic rings. The molecule has 1 saturated heterocycles. The lowest BCUT2D eigenvalue weighted by Crippen LogP contribution is -2.36. The first kappa shape index (κ1) is 16.3. The molecule has 1 aliphatic rings. The van der Waals surface area contributed by atoms with Crippen molar-refractivity contribution in [3.8, 4) is 11.8 Å². The van der Waals surface area contributed by atoms with Crippen LogP contribution in [0.25, 0.3) is 10.1 Å². The Kier molecular flexibility index (Phi) is 4.91. The van der Waals surface area contributed by atoms with Crippen LogP contribution in [0.4, 0.5) is 5.69 Å². The Morgan fingerprint density at radius 2 is 2.09 bits per heavy atom. The summed E-state index contributed by atoms with van der Waals surface area (Å²) in [5.74, 6) is 5.99. The van der Waals surface area contributed by atoms with E-state index in [4.69, 9.17) is 0 Å². The lowest BCUT2D eigenvalue weighted by Gasteiger charge is -2.30. The minimum Gasteiger partial charge on any atom is -0.589 e. The molecule has 0 aliphatic carbocycles. The van der Waals surface area contributed by atoms with E-state index < -0.39 is 10.8 Å². The molecule has 0 bridgehead atoms. The van der Waals surface area contributed by atoms with Crippen molar-refractivity contribution < 1.29 is 4.55 Å². The second kappa shape index (κ2) is 6.92. The molecule has 1 aromatic carbocycles. The van der Waals surface area contributed by atoms with Crippen LogP contribution in [0.15, 0.2) is 18.2 Å². The van der Waals surface area contributed by atoms with Crippen molar-refractivity contribution in [1.82, 2.24) is 4.90 Å². The van der Waals surface area contributed by atoms with Crippen LogP contribution in [0.3, 0.4) is 0 Å². The van der Waals surface area contributed by atoms with Gasteiger partial charge in [-0.3, -0.25) is 0 Å².